The molecular weight excluding hydrogens is 284 g/mol. The molecule has 5 nitrogen and oxygen atoms in total. The average molecular weight is 295 g/mol. The standard InChI is InChI=1S/C14H11ClO5/c1-2-20-14(19)7-3-4-9-8(5-7)6-10(13(17)18)12(16)11(9)15/h3-6,16H,2H2,1H3,(H,17,18). The Hall–Kier alpha value is -2.27. The van der Waals surface area contributed by atoms with Gasteiger partial charge in [-0.25, -0.2) is 9.59 Å². The van der Waals surface area contributed by atoms with E-state index in [1.807, 2.05) is 0 Å². The maximum atomic E-state index is 11.6. The highest BCUT2D eigenvalue weighted by Gasteiger charge is 2.17. The normalized spacial score (nSPS) is 10.5. The van der Waals surface area contributed by atoms with Crippen LogP contribution in [0.4, 0.5) is 0 Å². The minimum Gasteiger partial charge on any atom is -0.505 e. The average Bonchev–Trinajstić information content (AvgIpc) is 2.42. The minimum absolute atomic E-state index is 0.0599. The predicted octanol–water partition coefficient (Wildman–Crippen LogP) is 3.07. The van der Waals surface area contributed by atoms with Gasteiger partial charge in [-0.2, -0.15) is 0 Å². The first-order valence-corrected chi connectivity index (χ1v) is 6.19. The second-order valence-corrected chi connectivity index (χ2v) is 4.43. The molecule has 20 heavy (non-hydrogen) atoms. The fraction of sp³-hybridized carbons (Fsp3) is 0.143. The second-order valence-electron chi connectivity index (χ2n) is 4.05. The number of esters is 1. The van der Waals surface area contributed by atoms with Crippen LogP contribution in [0.5, 0.6) is 5.75 Å². The summed E-state index contributed by atoms with van der Waals surface area (Å²) in [6, 6.07) is 5.79. The van der Waals surface area contributed by atoms with E-state index in [0.29, 0.717) is 10.8 Å². The summed E-state index contributed by atoms with van der Waals surface area (Å²) in [6.07, 6.45) is 0. The molecule has 2 N–H and O–H groups in total. The highest BCUT2D eigenvalue weighted by Crippen LogP contribution is 2.35. The maximum Gasteiger partial charge on any atom is 0.339 e. The first kappa shape index (κ1) is 14.1. The largest absolute Gasteiger partial charge is 0.505 e. The molecule has 0 spiro atoms. The zero-order chi connectivity index (χ0) is 14.9. The van der Waals surface area contributed by atoms with Crippen LogP contribution in [0.2, 0.25) is 5.02 Å². The van der Waals surface area contributed by atoms with Crippen molar-refractivity contribution in [2.24, 2.45) is 0 Å². The first-order chi connectivity index (χ1) is 9.45. The van der Waals surface area contributed by atoms with Gasteiger partial charge in [0.1, 0.15) is 11.3 Å². The topological polar surface area (TPSA) is 83.8 Å². The number of carboxylic acid groups (broad SMARTS) is 1. The first-order valence-electron chi connectivity index (χ1n) is 5.81. The number of hydrogen-bond acceptors (Lipinski definition) is 4. The lowest BCUT2D eigenvalue weighted by Crippen LogP contribution is -2.04. The number of fused-ring (bicyclic) bond motifs is 1. The van der Waals surface area contributed by atoms with E-state index in [2.05, 4.69) is 0 Å². The summed E-state index contributed by atoms with van der Waals surface area (Å²) < 4.78 is 4.87. The van der Waals surface area contributed by atoms with Crippen molar-refractivity contribution in [1.29, 1.82) is 0 Å². The number of benzene rings is 2. The Morgan fingerprint density at radius 3 is 2.60 bits per heavy atom. The number of aromatic hydroxyl groups is 1. The van der Waals surface area contributed by atoms with Gasteiger partial charge >= 0.3 is 11.9 Å². The van der Waals surface area contributed by atoms with E-state index in [1.165, 1.54) is 24.3 Å². The number of halogens is 1. The molecule has 0 bridgehead atoms. The molecule has 0 aliphatic rings. The van der Waals surface area contributed by atoms with Crippen molar-refractivity contribution in [3.63, 3.8) is 0 Å². The van der Waals surface area contributed by atoms with Gasteiger partial charge in [0, 0.05) is 5.39 Å². The minimum atomic E-state index is -1.30. The maximum absolute atomic E-state index is 11.6. The molecule has 0 saturated heterocycles. The second kappa shape index (κ2) is 5.38. The molecule has 0 aliphatic carbocycles. The highest BCUT2D eigenvalue weighted by molar-refractivity contribution is 6.37. The Balaban J connectivity index is 2.65. The number of carbonyl (C=O) groups excluding carboxylic acids is 1. The third kappa shape index (κ3) is 2.40. The van der Waals surface area contributed by atoms with Gasteiger partial charge in [-0.05, 0) is 30.5 Å². The molecule has 0 heterocycles. The van der Waals surface area contributed by atoms with Crippen molar-refractivity contribution in [3.05, 3.63) is 40.4 Å². The van der Waals surface area contributed by atoms with E-state index in [1.54, 1.807) is 6.92 Å². The summed E-state index contributed by atoms with van der Waals surface area (Å²) >= 11 is 5.94. The Morgan fingerprint density at radius 1 is 1.30 bits per heavy atom. The molecule has 0 aliphatic heterocycles. The van der Waals surface area contributed by atoms with Gasteiger partial charge in [0.15, 0.2) is 0 Å². The third-order valence-electron chi connectivity index (χ3n) is 2.79. The Kier molecular flexibility index (Phi) is 3.81. The van der Waals surface area contributed by atoms with Gasteiger partial charge in [0.25, 0.3) is 0 Å². The zero-order valence-corrected chi connectivity index (χ0v) is 11.3. The molecule has 6 heteroatoms. The molecule has 0 radical (unpaired) electrons. The number of carbonyl (C=O) groups is 2. The summed E-state index contributed by atoms with van der Waals surface area (Å²) in [5.41, 5.74) is -0.0269. The molecule has 2 aromatic rings. The van der Waals surface area contributed by atoms with Crippen LogP contribution < -0.4 is 0 Å². The van der Waals surface area contributed by atoms with Crippen LogP contribution in [0.3, 0.4) is 0 Å². The van der Waals surface area contributed by atoms with Gasteiger partial charge in [-0.3, -0.25) is 0 Å². The van der Waals surface area contributed by atoms with Crippen molar-refractivity contribution in [1.82, 2.24) is 0 Å². The number of hydrogen-bond donors (Lipinski definition) is 2. The van der Waals surface area contributed by atoms with Crippen molar-refractivity contribution in [2.45, 2.75) is 6.92 Å². The fourth-order valence-electron chi connectivity index (χ4n) is 1.86. The molecule has 0 aromatic heterocycles. The third-order valence-corrected chi connectivity index (χ3v) is 3.18. The van der Waals surface area contributed by atoms with E-state index in [0.717, 1.165) is 0 Å². The van der Waals surface area contributed by atoms with E-state index in [4.69, 9.17) is 21.4 Å². The SMILES string of the molecule is CCOC(=O)c1ccc2c(Cl)c(O)c(C(=O)O)cc2c1. The summed E-state index contributed by atoms with van der Waals surface area (Å²) in [7, 11) is 0. The van der Waals surface area contributed by atoms with Crippen molar-refractivity contribution >= 4 is 34.3 Å². The van der Waals surface area contributed by atoms with Crippen LogP contribution in [0.25, 0.3) is 10.8 Å². The van der Waals surface area contributed by atoms with E-state index in [-0.39, 0.29) is 22.8 Å². The number of rotatable bonds is 3. The quantitative estimate of drug-likeness (QED) is 0.850. The van der Waals surface area contributed by atoms with Crippen LogP contribution in [0.1, 0.15) is 27.6 Å². The molecule has 2 aromatic carbocycles. The van der Waals surface area contributed by atoms with Crippen LogP contribution in [0, 0.1) is 0 Å². The highest BCUT2D eigenvalue weighted by atomic mass is 35.5. The van der Waals surface area contributed by atoms with Gasteiger partial charge in [-0.15, -0.1) is 0 Å². The smallest absolute Gasteiger partial charge is 0.339 e. The van der Waals surface area contributed by atoms with Gasteiger partial charge in [0.2, 0.25) is 0 Å². The Bertz CT molecular complexity index is 708. The predicted molar refractivity (Wildman–Crippen MR) is 73.5 cm³/mol. The van der Waals surface area contributed by atoms with E-state index >= 15 is 0 Å². The molecule has 0 atom stereocenters. The Labute approximate surface area is 119 Å². The zero-order valence-electron chi connectivity index (χ0n) is 10.5. The lowest BCUT2D eigenvalue weighted by atomic mass is 10.0. The van der Waals surface area contributed by atoms with Crippen LogP contribution in [-0.4, -0.2) is 28.8 Å². The fourth-order valence-corrected chi connectivity index (χ4v) is 2.13. The molecule has 0 saturated carbocycles. The van der Waals surface area contributed by atoms with Gasteiger partial charge in [-0.1, -0.05) is 17.7 Å². The molecule has 0 unspecified atom stereocenters. The Morgan fingerprint density at radius 2 is 2.00 bits per heavy atom. The molecular formula is C14H11ClO5. The van der Waals surface area contributed by atoms with Crippen molar-refractivity contribution in [3.8, 4) is 5.75 Å². The van der Waals surface area contributed by atoms with Crippen molar-refractivity contribution in [2.75, 3.05) is 6.61 Å². The summed E-state index contributed by atoms with van der Waals surface area (Å²) in [4.78, 5) is 22.7. The van der Waals surface area contributed by atoms with Gasteiger partial charge in [0.05, 0.1) is 17.2 Å². The number of phenols is 1. The van der Waals surface area contributed by atoms with Crippen LogP contribution >= 0.6 is 11.6 Å². The van der Waals surface area contributed by atoms with Crippen LogP contribution in [0.15, 0.2) is 24.3 Å². The summed E-state index contributed by atoms with van der Waals surface area (Å²) in [5.74, 6) is -2.29. The van der Waals surface area contributed by atoms with Crippen LogP contribution in [-0.2, 0) is 4.74 Å². The van der Waals surface area contributed by atoms with Gasteiger partial charge < -0.3 is 14.9 Å². The monoisotopic (exact) mass is 294 g/mol. The lowest BCUT2D eigenvalue weighted by molar-refractivity contribution is 0.0526. The number of aromatic carboxylic acids is 1. The molecule has 0 fully saturated rings. The summed E-state index contributed by atoms with van der Waals surface area (Å²) in [5, 5.41) is 19.6. The lowest BCUT2D eigenvalue weighted by Gasteiger charge is -2.08. The number of carboxylic acids is 1. The van der Waals surface area contributed by atoms with E-state index in [9.17, 15) is 14.7 Å². The molecule has 104 valence electrons. The molecule has 0 amide bonds. The number of ether oxygens (including phenoxy) is 1. The summed E-state index contributed by atoms with van der Waals surface area (Å²) in [6.45, 7) is 1.93. The van der Waals surface area contributed by atoms with E-state index < -0.39 is 17.7 Å². The van der Waals surface area contributed by atoms with Crippen molar-refractivity contribution < 1.29 is 24.5 Å². The molecule has 2 rings (SSSR count).